The normalized spacial score (nSPS) is 21.0. The number of aromatic nitrogens is 3. The molecule has 1 aliphatic heterocycles. The molecule has 1 aliphatic rings. The van der Waals surface area contributed by atoms with Crippen molar-refractivity contribution >= 4 is 0 Å². The van der Waals surface area contributed by atoms with Crippen molar-refractivity contribution in [3.05, 3.63) is 47.3 Å². The third-order valence-corrected chi connectivity index (χ3v) is 3.72. The van der Waals surface area contributed by atoms with E-state index in [9.17, 15) is 9.50 Å². The van der Waals surface area contributed by atoms with Crippen LogP contribution >= 0.6 is 0 Å². The molecular formula is C15H19FN4O2. The Balaban J connectivity index is 1.62. The Morgan fingerprint density at radius 3 is 3.14 bits per heavy atom. The van der Waals surface area contributed by atoms with Crippen molar-refractivity contribution in [2.45, 2.75) is 19.1 Å². The Morgan fingerprint density at radius 1 is 1.55 bits per heavy atom. The molecule has 118 valence electrons. The van der Waals surface area contributed by atoms with Crippen LogP contribution in [0.4, 0.5) is 4.39 Å². The van der Waals surface area contributed by atoms with E-state index in [1.54, 1.807) is 12.1 Å². The molecule has 2 N–H and O–H groups in total. The number of benzene rings is 1. The summed E-state index contributed by atoms with van der Waals surface area (Å²) in [6, 6.07) is 6.06. The average molecular weight is 306 g/mol. The highest BCUT2D eigenvalue weighted by Gasteiger charge is 2.26. The number of aromatic amines is 1. The molecule has 1 aromatic carbocycles. The summed E-state index contributed by atoms with van der Waals surface area (Å²) in [5.74, 6) is 1.03. The molecule has 2 aromatic rings. The van der Waals surface area contributed by atoms with E-state index in [0.29, 0.717) is 37.6 Å². The Morgan fingerprint density at radius 2 is 2.41 bits per heavy atom. The number of ether oxygens (including phenoxy) is 1. The molecule has 3 rings (SSSR count). The summed E-state index contributed by atoms with van der Waals surface area (Å²) in [5.41, 5.74) is 0.580. The number of morpholine rings is 1. The molecule has 0 bridgehead atoms. The fourth-order valence-electron chi connectivity index (χ4n) is 2.59. The highest BCUT2D eigenvalue weighted by Crippen LogP contribution is 2.22. The van der Waals surface area contributed by atoms with E-state index in [4.69, 9.17) is 4.74 Å². The van der Waals surface area contributed by atoms with Gasteiger partial charge in [0.15, 0.2) is 5.82 Å². The smallest absolute Gasteiger partial charge is 0.180 e. The lowest BCUT2D eigenvalue weighted by Crippen LogP contribution is -2.40. The largest absolute Gasteiger partial charge is 0.387 e. The van der Waals surface area contributed by atoms with Crippen molar-refractivity contribution in [1.29, 1.82) is 0 Å². The van der Waals surface area contributed by atoms with Crippen molar-refractivity contribution in [3.8, 4) is 0 Å². The van der Waals surface area contributed by atoms with Crippen LogP contribution in [0.15, 0.2) is 24.3 Å². The average Bonchev–Trinajstić information content (AvgIpc) is 2.94. The molecule has 1 aromatic heterocycles. The summed E-state index contributed by atoms with van der Waals surface area (Å²) in [5, 5.41) is 17.2. The number of nitrogens with zero attached hydrogens (tertiary/aromatic N) is 3. The zero-order valence-corrected chi connectivity index (χ0v) is 12.4. The van der Waals surface area contributed by atoms with Gasteiger partial charge in [-0.2, -0.15) is 5.10 Å². The van der Waals surface area contributed by atoms with Gasteiger partial charge in [0.1, 0.15) is 17.7 Å². The maximum atomic E-state index is 13.2. The predicted molar refractivity (Wildman–Crippen MR) is 77.6 cm³/mol. The highest BCUT2D eigenvalue weighted by atomic mass is 19.1. The maximum Gasteiger partial charge on any atom is 0.180 e. The van der Waals surface area contributed by atoms with Crippen LogP contribution in [0.3, 0.4) is 0 Å². The monoisotopic (exact) mass is 306 g/mol. The first-order valence-electron chi connectivity index (χ1n) is 7.28. The summed E-state index contributed by atoms with van der Waals surface area (Å²) in [6.45, 7) is 4.13. The van der Waals surface area contributed by atoms with Crippen molar-refractivity contribution < 1.29 is 14.2 Å². The number of aliphatic hydroxyl groups is 1. The minimum atomic E-state index is -0.733. The highest BCUT2D eigenvalue weighted by molar-refractivity contribution is 5.19. The molecule has 0 amide bonds. The van der Waals surface area contributed by atoms with Crippen LogP contribution in [0.25, 0.3) is 0 Å². The fraction of sp³-hybridized carbons (Fsp3) is 0.467. The molecule has 0 saturated carbocycles. The van der Waals surface area contributed by atoms with E-state index in [2.05, 4.69) is 20.1 Å². The number of β-amino-alcohol motifs (C(OH)–C–C–N with tert-alkyl or cyclic N) is 1. The van der Waals surface area contributed by atoms with Crippen LogP contribution in [0.1, 0.15) is 29.4 Å². The van der Waals surface area contributed by atoms with Crippen molar-refractivity contribution in [2.24, 2.45) is 0 Å². The predicted octanol–water partition coefficient (Wildman–Crippen LogP) is 1.36. The molecule has 2 atom stereocenters. The standard InChI is InChI=1S/C15H19FN4O2/c1-10-17-15(19-18-10)14-9-20(5-6-22-14)8-13(21)11-3-2-4-12(16)7-11/h2-4,7,13-14,21H,5-6,8-9H2,1H3,(H,17,18,19)/t13-,14-/m1/s1. The van der Waals surface area contributed by atoms with Gasteiger partial charge in [-0.05, 0) is 24.6 Å². The lowest BCUT2D eigenvalue weighted by atomic mass is 10.1. The number of aryl methyl sites for hydroxylation is 1. The van der Waals surface area contributed by atoms with Gasteiger partial charge >= 0.3 is 0 Å². The van der Waals surface area contributed by atoms with Crippen LogP contribution < -0.4 is 0 Å². The van der Waals surface area contributed by atoms with E-state index in [-0.39, 0.29) is 11.9 Å². The number of halogens is 1. The first-order chi connectivity index (χ1) is 10.6. The van der Waals surface area contributed by atoms with Crippen molar-refractivity contribution in [2.75, 3.05) is 26.2 Å². The SMILES string of the molecule is Cc1nc([C@H]2CN(C[C@@H](O)c3cccc(F)c3)CCO2)n[nH]1. The summed E-state index contributed by atoms with van der Waals surface area (Å²) in [4.78, 5) is 6.37. The van der Waals surface area contributed by atoms with Crippen LogP contribution in [0.2, 0.25) is 0 Å². The third-order valence-electron chi connectivity index (χ3n) is 3.72. The maximum absolute atomic E-state index is 13.2. The molecule has 22 heavy (non-hydrogen) atoms. The van der Waals surface area contributed by atoms with E-state index >= 15 is 0 Å². The third kappa shape index (κ3) is 3.49. The van der Waals surface area contributed by atoms with E-state index in [1.165, 1.54) is 12.1 Å². The van der Waals surface area contributed by atoms with Gasteiger partial charge in [-0.1, -0.05) is 12.1 Å². The Kier molecular flexibility index (Phi) is 4.47. The molecule has 6 nitrogen and oxygen atoms in total. The molecule has 0 radical (unpaired) electrons. The van der Waals surface area contributed by atoms with Crippen molar-refractivity contribution in [1.82, 2.24) is 20.1 Å². The van der Waals surface area contributed by atoms with Gasteiger partial charge in [-0.25, -0.2) is 9.37 Å². The number of rotatable bonds is 4. The number of hydrogen-bond acceptors (Lipinski definition) is 5. The molecule has 1 fully saturated rings. The Labute approximate surface area is 127 Å². The molecule has 2 heterocycles. The molecule has 0 unspecified atom stereocenters. The van der Waals surface area contributed by atoms with Crippen LogP contribution in [0.5, 0.6) is 0 Å². The van der Waals surface area contributed by atoms with E-state index in [0.717, 1.165) is 5.82 Å². The van der Waals surface area contributed by atoms with Crippen LogP contribution in [0, 0.1) is 12.7 Å². The Bertz CT molecular complexity index is 634. The second-order valence-electron chi connectivity index (χ2n) is 5.47. The number of aliphatic hydroxyl groups excluding tert-OH is 1. The molecular weight excluding hydrogens is 287 g/mol. The summed E-state index contributed by atoms with van der Waals surface area (Å²) in [7, 11) is 0. The van der Waals surface area contributed by atoms with E-state index in [1.807, 2.05) is 6.92 Å². The number of nitrogens with one attached hydrogen (secondary N) is 1. The van der Waals surface area contributed by atoms with Gasteiger partial charge in [0.2, 0.25) is 0 Å². The molecule has 1 saturated heterocycles. The Hall–Kier alpha value is -1.83. The second-order valence-corrected chi connectivity index (χ2v) is 5.47. The second kappa shape index (κ2) is 6.51. The first kappa shape index (κ1) is 15.1. The van der Waals surface area contributed by atoms with Gasteiger partial charge in [0.05, 0.1) is 12.7 Å². The lowest BCUT2D eigenvalue weighted by Gasteiger charge is -2.32. The zero-order valence-electron chi connectivity index (χ0n) is 12.4. The van der Waals surface area contributed by atoms with Crippen LogP contribution in [-0.4, -0.2) is 51.4 Å². The minimum Gasteiger partial charge on any atom is -0.387 e. The molecule has 7 heteroatoms. The van der Waals surface area contributed by atoms with Gasteiger partial charge in [-0.3, -0.25) is 10.00 Å². The lowest BCUT2D eigenvalue weighted by molar-refractivity contribution is -0.0461. The number of hydrogen-bond donors (Lipinski definition) is 2. The summed E-state index contributed by atoms with van der Waals surface area (Å²) < 4.78 is 18.9. The molecule has 0 aliphatic carbocycles. The summed E-state index contributed by atoms with van der Waals surface area (Å²) in [6.07, 6.45) is -0.943. The van der Waals surface area contributed by atoms with Crippen molar-refractivity contribution in [3.63, 3.8) is 0 Å². The van der Waals surface area contributed by atoms with Gasteiger partial charge < -0.3 is 9.84 Å². The van der Waals surface area contributed by atoms with Crippen LogP contribution in [-0.2, 0) is 4.74 Å². The minimum absolute atomic E-state index is 0.210. The number of H-pyrrole nitrogens is 1. The van der Waals surface area contributed by atoms with Gasteiger partial charge in [0, 0.05) is 19.6 Å². The summed E-state index contributed by atoms with van der Waals surface area (Å²) >= 11 is 0. The zero-order chi connectivity index (χ0) is 15.5. The quantitative estimate of drug-likeness (QED) is 0.892. The van der Waals surface area contributed by atoms with Gasteiger partial charge in [0.25, 0.3) is 0 Å². The van der Waals surface area contributed by atoms with E-state index < -0.39 is 6.10 Å². The molecule has 0 spiro atoms. The van der Waals surface area contributed by atoms with Gasteiger partial charge in [-0.15, -0.1) is 0 Å². The first-order valence-corrected chi connectivity index (χ1v) is 7.28. The topological polar surface area (TPSA) is 74.3 Å². The fourth-order valence-corrected chi connectivity index (χ4v) is 2.59.